The third-order valence-corrected chi connectivity index (χ3v) is 3.47. The molecule has 0 aliphatic heterocycles. The van der Waals surface area contributed by atoms with Crippen LogP contribution in [0.2, 0.25) is 0 Å². The van der Waals surface area contributed by atoms with Gasteiger partial charge in [-0.15, -0.1) is 0 Å². The molecule has 0 fully saturated rings. The van der Waals surface area contributed by atoms with Gasteiger partial charge in [0, 0.05) is 5.54 Å². The minimum absolute atomic E-state index is 0.138. The summed E-state index contributed by atoms with van der Waals surface area (Å²) in [7, 11) is 0. The van der Waals surface area contributed by atoms with Crippen molar-refractivity contribution in [2.24, 2.45) is 0 Å². The summed E-state index contributed by atoms with van der Waals surface area (Å²) in [4.78, 5) is 0. The average molecular weight is 283 g/mol. The topological polar surface area (TPSA) is 41.5 Å². The molecule has 20 heavy (non-hydrogen) atoms. The van der Waals surface area contributed by atoms with Crippen LogP contribution in [0.5, 0.6) is 5.75 Å². The highest BCUT2D eigenvalue weighted by Crippen LogP contribution is 2.17. The maximum atomic E-state index is 13.1. The van der Waals surface area contributed by atoms with Gasteiger partial charge in [-0.1, -0.05) is 6.92 Å². The number of benzene rings is 1. The minimum atomic E-state index is -0.207. The summed E-state index contributed by atoms with van der Waals surface area (Å²) in [5.74, 6) is 0.502. The van der Waals surface area contributed by atoms with Gasteiger partial charge in [0.05, 0.1) is 13.2 Å². The van der Waals surface area contributed by atoms with Gasteiger partial charge in [-0.2, -0.15) is 0 Å². The summed E-state index contributed by atoms with van der Waals surface area (Å²) in [6.07, 6.45) is 2.80. The van der Waals surface area contributed by atoms with Crippen LogP contribution in [0.4, 0.5) is 4.39 Å². The number of aryl methyl sites for hydroxylation is 1. The Balaban J connectivity index is 2.26. The standard InChI is InChI=1S/C16H26FNO2/c1-4-18-16(3,12-19)9-5-6-10-20-14-7-8-15(17)13(2)11-14/h7-8,11,18-19H,4-6,9-10,12H2,1-3H3. The number of unbranched alkanes of at least 4 members (excludes halogenated alkanes) is 1. The van der Waals surface area contributed by atoms with Crippen LogP contribution in [0.1, 0.15) is 38.7 Å². The van der Waals surface area contributed by atoms with Gasteiger partial charge in [-0.05, 0) is 63.4 Å². The van der Waals surface area contributed by atoms with Crippen LogP contribution in [-0.4, -0.2) is 30.4 Å². The van der Waals surface area contributed by atoms with E-state index in [2.05, 4.69) is 5.32 Å². The fourth-order valence-electron chi connectivity index (χ4n) is 2.16. The van der Waals surface area contributed by atoms with Gasteiger partial charge in [0.2, 0.25) is 0 Å². The van der Waals surface area contributed by atoms with E-state index in [0.717, 1.165) is 25.8 Å². The fourth-order valence-corrected chi connectivity index (χ4v) is 2.16. The normalized spacial score (nSPS) is 14.1. The quantitative estimate of drug-likeness (QED) is 0.684. The highest BCUT2D eigenvalue weighted by Gasteiger charge is 2.20. The van der Waals surface area contributed by atoms with E-state index in [0.29, 0.717) is 17.9 Å². The Hall–Kier alpha value is -1.13. The van der Waals surface area contributed by atoms with Gasteiger partial charge in [0.1, 0.15) is 11.6 Å². The highest BCUT2D eigenvalue weighted by molar-refractivity contribution is 5.28. The molecule has 1 rings (SSSR count). The summed E-state index contributed by atoms with van der Waals surface area (Å²) >= 11 is 0. The van der Waals surface area contributed by atoms with E-state index in [1.54, 1.807) is 19.1 Å². The van der Waals surface area contributed by atoms with E-state index in [1.807, 2.05) is 13.8 Å². The Bertz CT molecular complexity index is 411. The van der Waals surface area contributed by atoms with E-state index >= 15 is 0 Å². The van der Waals surface area contributed by atoms with Gasteiger partial charge in [0.25, 0.3) is 0 Å². The van der Waals surface area contributed by atoms with E-state index in [-0.39, 0.29) is 18.0 Å². The molecule has 0 aliphatic rings. The molecule has 1 atom stereocenters. The number of halogens is 1. The lowest BCUT2D eigenvalue weighted by Gasteiger charge is -2.28. The number of aliphatic hydroxyl groups is 1. The van der Waals surface area contributed by atoms with E-state index in [9.17, 15) is 9.50 Å². The number of nitrogens with one attached hydrogen (secondary N) is 1. The molecule has 4 heteroatoms. The molecule has 0 saturated carbocycles. The maximum absolute atomic E-state index is 13.1. The third-order valence-electron chi connectivity index (χ3n) is 3.47. The molecule has 0 spiro atoms. The molecule has 1 unspecified atom stereocenters. The first-order chi connectivity index (χ1) is 9.50. The monoisotopic (exact) mass is 283 g/mol. The van der Waals surface area contributed by atoms with Crippen LogP contribution >= 0.6 is 0 Å². The Morgan fingerprint density at radius 2 is 2.10 bits per heavy atom. The number of hydrogen-bond donors (Lipinski definition) is 2. The molecule has 0 saturated heterocycles. The Labute approximate surface area is 121 Å². The zero-order valence-corrected chi connectivity index (χ0v) is 12.7. The van der Waals surface area contributed by atoms with Crippen molar-refractivity contribution in [3.8, 4) is 5.75 Å². The number of aliphatic hydroxyl groups excluding tert-OH is 1. The first-order valence-electron chi connectivity index (χ1n) is 7.25. The van der Waals surface area contributed by atoms with Gasteiger partial charge in [-0.3, -0.25) is 0 Å². The highest BCUT2D eigenvalue weighted by atomic mass is 19.1. The first kappa shape index (κ1) is 16.9. The van der Waals surface area contributed by atoms with Crippen LogP contribution in [0.15, 0.2) is 18.2 Å². The predicted molar refractivity (Wildman–Crippen MR) is 79.7 cm³/mol. The average Bonchev–Trinajstić information content (AvgIpc) is 2.42. The molecule has 0 bridgehead atoms. The van der Waals surface area contributed by atoms with Crippen molar-refractivity contribution in [3.63, 3.8) is 0 Å². The van der Waals surface area contributed by atoms with Crippen LogP contribution in [0.3, 0.4) is 0 Å². The molecule has 2 N–H and O–H groups in total. The lowest BCUT2D eigenvalue weighted by molar-refractivity contribution is 0.162. The van der Waals surface area contributed by atoms with E-state index in [4.69, 9.17) is 4.74 Å². The van der Waals surface area contributed by atoms with E-state index in [1.165, 1.54) is 6.07 Å². The number of ether oxygens (including phenoxy) is 1. The summed E-state index contributed by atoms with van der Waals surface area (Å²) < 4.78 is 18.7. The van der Waals surface area contributed by atoms with Crippen molar-refractivity contribution in [2.45, 2.75) is 45.6 Å². The molecule has 3 nitrogen and oxygen atoms in total. The molecule has 0 amide bonds. The maximum Gasteiger partial charge on any atom is 0.126 e. The zero-order chi connectivity index (χ0) is 15.0. The van der Waals surface area contributed by atoms with Crippen LogP contribution in [-0.2, 0) is 0 Å². The van der Waals surface area contributed by atoms with Crippen molar-refractivity contribution >= 4 is 0 Å². The van der Waals surface area contributed by atoms with Gasteiger partial charge in [0.15, 0.2) is 0 Å². The third kappa shape index (κ3) is 5.47. The lowest BCUT2D eigenvalue weighted by atomic mass is 9.96. The summed E-state index contributed by atoms with van der Waals surface area (Å²) in [5, 5.41) is 12.7. The van der Waals surface area contributed by atoms with Crippen molar-refractivity contribution < 1.29 is 14.2 Å². The van der Waals surface area contributed by atoms with Crippen LogP contribution < -0.4 is 10.1 Å². The van der Waals surface area contributed by atoms with Gasteiger partial charge < -0.3 is 15.2 Å². The summed E-state index contributed by atoms with van der Waals surface area (Å²) in [5.41, 5.74) is 0.392. The summed E-state index contributed by atoms with van der Waals surface area (Å²) in [6, 6.07) is 4.79. The smallest absolute Gasteiger partial charge is 0.126 e. The lowest BCUT2D eigenvalue weighted by Crippen LogP contribution is -2.45. The van der Waals surface area contributed by atoms with Crippen molar-refractivity contribution in [2.75, 3.05) is 19.8 Å². The molecule has 1 aromatic carbocycles. The minimum Gasteiger partial charge on any atom is -0.494 e. The molecule has 1 aromatic rings. The van der Waals surface area contributed by atoms with Crippen LogP contribution in [0.25, 0.3) is 0 Å². The number of hydrogen-bond acceptors (Lipinski definition) is 3. The predicted octanol–water partition coefficient (Wildman–Crippen LogP) is 3.04. The summed E-state index contributed by atoms with van der Waals surface area (Å²) in [6.45, 7) is 7.39. The Morgan fingerprint density at radius 3 is 2.70 bits per heavy atom. The van der Waals surface area contributed by atoms with Crippen LogP contribution in [0, 0.1) is 12.7 Å². The zero-order valence-electron chi connectivity index (χ0n) is 12.7. The fraction of sp³-hybridized carbons (Fsp3) is 0.625. The van der Waals surface area contributed by atoms with Crippen molar-refractivity contribution in [1.82, 2.24) is 5.32 Å². The molecule has 0 radical (unpaired) electrons. The molecular formula is C16H26FNO2. The first-order valence-corrected chi connectivity index (χ1v) is 7.25. The number of rotatable bonds is 9. The molecular weight excluding hydrogens is 257 g/mol. The second kappa shape index (κ2) is 8.22. The molecule has 0 aliphatic carbocycles. The Kier molecular flexibility index (Phi) is 6.96. The largest absolute Gasteiger partial charge is 0.494 e. The van der Waals surface area contributed by atoms with Crippen molar-refractivity contribution in [1.29, 1.82) is 0 Å². The van der Waals surface area contributed by atoms with E-state index < -0.39 is 0 Å². The van der Waals surface area contributed by atoms with Gasteiger partial charge in [-0.25, -0.2) is 4.39 Å². The molecule has 114 valence electrons. The second-order valence-electron chi connectivity index (χ2n) is 5.47. The molecule has 0 heterocycles. The Morgan fingerprint density at radius 1 is 1.35 bits per heavy atom. The molecule has 0 aromatic heterocycles. The van der Waals surface area contributed by atoms with Gasteiger partial charge >= 0.3 is 0 Å². The SMILES string of the molecule is CCNC(C)(CO)CCCCOc1ccc(F)c(C)c1. The second-order valence-corrected chi connectivity index (χ2v) is 5.47. The van der Waals surface area contributed by atoms with Crippen molar-refractivity contribution in [3.05, 3.63) is 29.6 Å². The number of likely N-dealkylation sites (N-methyl/N-ethyl adjacent to an activating group) is 1.